The largest absolute Gasteiger partial charge is 0.465 e. The zero-order valence-corrected chi connectivity index (χ0v) is 19.7. The molecule has 2 aliphatic rings. The number of para-hydroxylation sites is 1. The van der Waals surface area contributed by atoms with E-state index >= 15 is 0 Å². The minimum absolute atomic E-state index is 0.0581. The first kappa shape index (κ1) is 24.2. The zero-order valence-electron chi connectivity index (χ0n) is 19.7. The number of piperidine rings is 1. The van der Waals surface area contributed by atoms with E-state index in [1.165, 1.54) is 13.5 Å². The van der Waals surface area contributed by atoms with Gasteiger partial charge in [0, 0.05) is 0 Å². The van der Waals surface area contributed by atoms with Crippen molar-refractivity contribution in [2.45, 2.75) is 64.9 Å². The highest BCUT2D eigenvalue weighted by Crippen LogP contribution is 2.28. The Balaban J connectivity index is 1.66. The van der Waals surface area contributed by atoms with E-state index in [0.29, 0.717) is 22.3 Å². The summed E-state index contributed by atoms with van der Waals surface area (Å²) in [6, 6.07) is 5.27. The number of aryl methyl sites for hydroxylation is 1. The molecule has 0 spiro atoms. The van der Waals surface area contributed by atoms with Gasteiger partial charge in [0.2, 0.25) is 0 Å². The SMILES string of the molecule is CC[N+]1(CC(=O)Nc2c(C)cccc2C(=O)OC)CCCC(C(=O)OC2CCCCC2)C1. The molecule has 3 rings (SSSR count). The van der Waals surface area contributed by atoms with Crippen LogP contribution in [0.15, 0.2) is 18.2 Å². The quantitative estimate of drug-likeness (QED) is 0.509. The number of rotatable bonds is 7. The predicted molar refractivity (Wildman–Crippen MR) is 122 cm³/mol. The average molecular weight is 446 g/mol. The van der Waals surface area contributed by atoms with Gasteiger partial charge in [-0.3, -0.25) is 9.59 Å². The molecule has 1 aliphatic heterocycles. The van der Waals surface area contributed by atoms with Crippen molar-refractivity contribution in [3.05, 3.63) is 29.3 Å². The first-order valence-corrected chi connectivity index (χ1v) is 11.9. The van der Waals surface area contributed by atoms with Crippen LogP contribution in [-0.2, 0) is 19.1 Å². The van der Waals surface area contributed by atoms with E-state index in [0.717, 1.165) is 57.2 Å². The highest BCUT2D eigenvalue weighted by atomic mass is 16.5. The minimum Gasteiger partial charge on any atom is -0.465 e. The highest BCUT2D eigenvalue weighted by Gasteiger charge is 2.40. The molecule has 1 heterocycles. The Bertz CT molecular complexity index is 834. The molecule has 0 radical (unpaired) electrons. The van der Waals surface area contributed by atoms with E-state index in [1.807, 2.05) is 13.0 Å². The van der Waals surface area contributed by atoms with Crippen LogP contribution in [0.3, 0.4) is 0 Å². The molecule has 1 saturated carbocycles. The third-order valence-electron chi connectivity index (χ3n) is 7.05. The van der Waals surface area contributed by atoms with Crippen molar-refractivity contribution in [3.63, 3.8) is 0 Å². The van der Waals surface area contributed by atoms with Crippen LogP contribution in [0.1, 0.15) is 67.8 Å². The monoisotopic (exact) mass is 445 g/mol. The van der Waals surface area contributed by atoms with Crippen molar-refractivity contribution in [1.29, 1.82) is 0 Å². The minimum atomic E-state index is -0.480. The van der Waals surface area contributed by atoms with Crippen LogP contribution in [-0.4, -0.2) is 61.7 Å². The number of esters is 2. The van der Waals surface area contributed by atoms with Gasteiger partial charge in [-0.15, -0.1) is 0 Å². The fraction of sp³-hybridized carbons (Fsp3) is 0.640. The maximum absolute atomic E-state index is 13.1. The van der Waals surface area contributed by atoms with Crippen LogP contribution < -0.4 is 5.32 Å². The lowest BCUT2D eigenvalue weighted by Crippen LogP contribution is -2.58. The Morgan fingerprint density at radius 3 is 2.53 bits per heavy atom. The molecule has 1 N–H and O–H groups in total. The van der Waals surface area contributed by atoms with Crippen molar-refractivity contribution in [1.82, 2.24) is 0 Å². The second-order valence-corrected chi connectivity index (χ2v) is 9.30. The fourth-order valence-electron chi connectivity index (χ4n) is 5.10. The van der Waals surface area contributed by atoms with E-state index in [2.05, 4.69) is 12.2 Å². The van der Waals surface area contributed by atoms with E-state index < -0.39 is 5.97 Å². The lowest BCUT2D eigenvalue weighted by Gasteiger charge is -2.42. The summed E-state index contributed by atoms with van der Waals surface area (Å²) in [4.78, 5) is 38.0. The van der Waals surface area contributed by atoms with Gasteiger partial charge in [0.25, 0.3) is 5.91 Å². The number of anilines is 1. The molecule has 1 amide bonds. The number of nitrogens with one attached hydrogen (secondary N) is 1. The summed E-state index contributed by atoms with van der Waals surface area (Å²) < 4.78 is 11.3. The van der Waals surface area contributed by atoms with Crippen molar-refractivity contribution < 1.29 is 28.3 Å². The molecule has 1 aliphatic carbocycles. The van der Waals surface area contributed by atoms with Gasteiger partial charge < -0.3 is 19.3 Å². The van der Waals surface area contributed by atoms with Gasteiger partial charge >= 0.3 is 11.9 Å². The molecule has 1 aromatic rings. The number of methoxy groups -OCH3 is 1. The fourth-order valence-corrected chi connectivity index (χ4v) is 5.10. The Morgan fingerprint density at radius 2 is 1.84 bits per heavy atom. The van der Waals surface area contributed by atoms with Crippen LogP contribution >= 0.6 is 0 Å². The van der Waals surface area contributed by atoms with Crippen molar-refractivity contribution >= 4 is 23.5 Å². The Hall–Kier alpha value is -2.41. The lowest BCUT2D eigenvalue weighted by molar-refractivity contribution is -0.925. The number of benzene rings is 1. The molecular formula is C25H37N2O5+. The Kier molecular flexibility index (Phi) is 8.29. The number of carbonyl (C=O) groups is 3. The number of amides is 1. The third-order valence-corrected chi connectivity index (χ3v) is 7.05. The molecule has 2 fully saturated rings. The summed E-state index contributed by atoms with van der Waals surface area (Å²) >= 11 is 0. The maximum atomic E-state index is 13.1. The number of likely N-dealkylation sites (N-methyl/N-ethyl adjacent to an activating group) is 1. The van der Waals surface area contributed by atoms with Gasteiger partial charge in [-0.05, 0) is 64.0 Å². The van der Waals surface area contributed by atoms with Gasteiger partial charge in [0.1, 0.15) is 12.0 Å². The molecule has 1 aromatic carbocycles. The molecule has 2 unspecified atom stereocenters. The summed E-state index contributed by atoms with van der Waals surface area (Å²) in [6.45, 7) is 6.42. The summed E-state index contributed by atoms with van der Waals surface area (Å²) in [7, 11) is 1.33. The molecule has 176 valence electrons. The van der Waals surface area contributed by atoms with Gasteiger partial charge in [-0.25, -0.2) is 4.79 Å². The molecule has 32 heavy (non-hydrogen) atoms. The van der Waals surface area contributed by atoms with Gasteiger partial charge in [0.15, 0.2) is 6.54 Å². The van der Waals surface area contributed by atoms with Crippen LogP contribution in [0.25, 0.3) is 0 Å². The van der Waals surface area contributed by atoms with E-state index in [1.54, 1.807) is 12.1 Å². The molecular weight excluding hydrogens is 408 g/mol. The van der Waals surface area contributed by atoms with Crippen LogP contribution in [0.2, 0.25) is 0 Å². The molecule has 2 atom stereocenters. The first-order chi connectivity index (χ1) is 15.4. The number of ether oxygens (including phenoxy) is 2. The summed E-state index contributed by atoms with van der Waals surface area (Å²) in [6.07, 6.45) is 7.18. The number of carbonyl (C=O) groups excluding carboxylic acids is 3. The van der Waals surface area contributed by atoms with Crippen molar-refractivity contribution in [2.24, 2.45) is 5.92 Å². The molecule has 7 nitrogen and oxygen atoms in total. The average Bonchev–Trinajstić information content (AvgIpc) is 2.80. The predicted octanol–water partition coefficient (Wildman–Crippen LogP) is 3.84. The number of nitrogens with zero attached hydrogens (tertiary/aromatic N) is 1. The Labute approximate surface area is 191 Å². The van der Waals surface area contributed by atoms with E-state index in [9.17, 15) is 14.4 Å². The maximum Gasteiger partial charge on any atom is 0.339 e. The normalized spacial score (nSPS) is 23.9. The van der Waals surface area contributed by atoms with Gasteiger partial charge in [-0.1, -0.05) is 18.6 Å². The third kappa shape index (κ3) is 5.88. The van der Waals surface area contributed by atoms with Crippen LogP contribution in [0.4, 0.5) is 5.69 Å². The Morgan fingerprint density at radius 1 is 1.09 bits per heavy atom. The highest BCUT2D eigenvalue weighted by molar-refractivity contribution is 6.02. The molecule has 7 heteroatoms. The van der Waals surface area contributed by atoms with Crippen molar-refractivity contribution in [3.8, 4) is 0 Å². The van der Waals surface area contributed by atoms with E-state index in [-0.39, 0.29) is 30.4 Å². The number of hydrogen-bond acceptors (Lipinski definition) is 5. The van der Waals surface area contributed by atoms with Crippen molar-refractivity contribution in [2.75, 3.05) is 38.6 Å². The standard InChI is InChI=1S/C25H36N2O5/c1-4-27(15-9-11-19(16-27)24(29)32-20-12-6-5-7-13-20)17-22(28)26-23-18(2)10-8-14-21(23)25(30)31-3/h8,10,14,19-20H,4-7,9,11-13,15-17H2,1-3H3/p+1. The topological polar surface area (TPSA) is 81.7 Å². The summed E-state index contributed by atoms with van der Waals surface area (Å²) in [5.41, 5.74) is 1.64. The lowest BCUT2D eigenvalue weighted by atomic mass is 9.94. The van der Waals surface area contributed by atoms with Crippen LogP contribution in [0.5, 0.6) is 0 Å². The zero-order chi connectivity index (χ0) is 23.1. The second kappa shape index (κ2) is 10.9. The number of hydrogen-bond donors (Lipinski definition) is 1. The van der Waals surface area contributed by atoms with Crippen LogP contribution in [0, 0.1) is 12.8 Å². The second-order valence-electron chi connectivity index (χ2n) is 9.30. The van der Waals surface area contributed by atoms with Gasteiger partial charge in [0.05, 0.1) is 38.0 Å². The number of likely N-dealkylation sites (tertiary alicyclic amines) is 1. The molecule has 0 bridgehead atoms. The van der Waals surface area contributed by atoms with Gasteiger partial charge in [-0.2, -0.15) is 0 Å². The molecule has 0 aromatic heterocycles. The number of quaternary nitrogens is 1. The first-order valence-electron chi connectivity index (χ1n) is 11.9. The summed E-state index contributed by atoms with van der Waals surface area (Å²) in [5, 5.41) is 2.94. The summed E-state index contributed by atoms with van der Waals surface area (Å²) in [5.74, 6) is -0.901. The smallest absolute Gasteiger partial charge is 0.339 e. The molecule has 1 saturated heterocycles. The van der Waals surface area contributed by atoms with E-state index in [4.69, 9.17) is 9.47 Å².